The highest BCUT2D eigenvalue weighted by Gasteiger charge is 2.37. The van der Waals surface area contributed by atoms with Gasteiger partial charge >= 0.3 is 23.6 Å². The second-order valence-electron chi connectivity index (χ2n) is 14.9. The molecule has 0 saturated carbocycles. The van der Waals surface area contributed by atoms with Crippen molar-refractivity contribution in [2.45, 2.75) is 117 Å². The average molecular weight is 960 g/mol. The van der Waals surface area contributed by atoms with Crippen LogP contribution in [0.4, 0.5) is 0 Å². The molecule has 2 saturated heterocycles. The van der Waals surface area contributed by atoms with E-state index in [4.69, 9.17) is 37.4 Å². The Morgan fingerprint density at radius 3 is 1.26 bits per heavy atom. The zero-order chi connectivity index (χ0) is 47.7. The number of thioether (sulfide) groups is 2. The summed E-state index contributed by atoms with van der Waals surface area (Å²) in [6.07, 6.45) is 7.57. The van der Waals surface area contributed by atoms with Crippen LogP contribution in [0.1, 0.15) is 92.9 Å². The molecule has 0 spiro atoms. The number of nitrogens with zero attached hydrogens (tertiary/aromatic N) is 2. The highest BCUT2D eigenvalue weighted by atomic mass is 32.2. The number of amides is 5. The van der Waals surface area contributed by atoms with Crippen molar-refractivity contribution in [2.75, 3.05) is 91.8 Å². The first-order chi connectivity index (χ1) is 29.3. The number of aliphatic carboxylic acids is 1. The summed E-state index contributed by atoms with van der Waals surface area (Å²) in [5, 5.41) is 13.3. The van der Waals surface area contributed by atoms with Crippen LogP contribution in [0.3, 0.4) is 0 Å². The number of carbonyl (C=O) groups is 6. The van der Waals surface area contributed by atoms with E-state index in [1.807, 2.05) is 16.7 Å². The van der Waals surface area contributed by atoms with E-state index in [2.05, 4.69) is 38.3 Å². The van der Waals surface area contributed by atoms with Gasteiger partial charge in [0.1, 0.15) is 6.54 Å². The average Bonchev–Trinajstić information content (AvgIpc) is 3.92. The van der Waals surface area contributed by atoms with Crippen LogP contribution in [0.5, 0.6) is 0 Å². The molecular formula is C40H81N5O13S2Si2. The molecule has 2 aliphatic rings. The normalized spacial score (nSPS) is 15.8. The number of rotatable bonds is 28. The lowest BCUT2D eigenvalue weighted by atomic mass is 10.2. The van der Waals surface area contributed by atoms with Gasteiger partial charge in [-0.3, -0.25) is 28.8 Å². The van der Waals surface area contributed by atoms with Gasteiger partial charge in [-0.2, -0.15) is 23.5 Å². The van der Waals surface area contributed by atoms with Crippen LogP contribution < -0.4 is 16.4 Å². The summed E-state index contributed by atoms with van der Waals surface area (Å²) in [6, 6.07) is 2.37. The summed E-state index contributed by atoms with van der Waals surface area (Å²) in [5.41, 5.74) is 4.97. The summed E-state index contributed by atoms with van der Waals surface area (Å²) in [5.74, 6) is 1.41. The number of carbonyl (C=O) groups excluding carboxylic acids is 5. The third-order valence-electron chi connectivity index (χ3n) is 10.4. The molecule has 364 valence electrons. The largest absolute Gasteiger partial charge is 0.500 e. The van der Waals surface area contributed by atoms with Crippen molar-refractivity contribution in [3.8, 4) is 0 Å². The van der Waals surface area contributed by atoms with Gasteiger partial charge < -0.3 is 57.8 Å². The van der Waals surface area contributed by atoms with E-state index in [0.29, 0.717) is 35.4 Å². The molecule has 2 aliphatic heterocycles. The Bertz CT molecular complexity index is 1180. The van der Waals surface area contributed by atoms with Crippen LogP contribution in [-0.4, -0.2) is 172 Å². The molecule has 0 aromatic carbocycles. The van der Waals surface area contributed by atoms with Crippen LogP contribution in [0, 0.1) is 11.8 Å². The quantitative estimate of drug-likeness (QED) is 0.0644. The lowest BCUT2D eigenvalue weighted by Crippen LogP contribution is -2.42. The maximum absolute atomic E-state index is 11.6. The third kappa shape index (κ3) is 26.5. The van der Waals surface area contributed by atoms with Crippen LogP contribution in [0.2, 0.25) is 12.1 Å². The Hall–Kier alpha value is -2.29. The number of carboxylic acid groups (broad SMARTS) is 1. The summed E-state index contributed by atoms with van der Waals surface area (Å²) >= 11 is 3.32. The fourth-order valence-corrected chi connectivity index (χ4v) is 12.0. The Morgan fingerprint density at radius 1 is 0.661 bits per heavy atom. The standard InChI is InChI=1S/C12H26N2O5SSi.C12H25NO6SSi.2C8H15NO/c1-10(12(16)14-8-11(13)15)9-20-6-5-7-21(17-2,18-3)19-4;1-10(12(16)13-8-11(14)15)9-20-6-5-7-21(17-2,18-3)19-4;2*1-3-7(2)9-6-4-5-8(9)10/h10H,5-9H2,1-4H3,(H2,13,15)(H,14,16);10H,5-9H2,1-4H3,(H,13,16)(H,14,15);2*7H,3-6H2,1-2H3. The number of hydrogen-bond acceptors (Lipinski definition) is 14. The molecule has 2 rings (SSSR count). The molecule has 5 amide bonds. The highest BCUT2D eigenvalue weighted by molar-refractivity contribution is 7.99. The Morgan fingerprint density at radius 2 is 1.00 bits per heavy atom. The van der Waals surface area contributed by atoms with Crippen molar-refractivity contribution in [2.24, 2.45) is 17.6 Å². The number of likely N-dealkylation sites (tertiary alicyclic amines) is 2. The van der Waals surface area contributed by atoms with Gasteiger partial charge in [-0.1, -0.05) is 27.7 Å². The van der Waals surface area contributed by atoms with Gasteiger partial charge in [-0.25, -0.2) is 0 Å². The van der Waals surface area contributed by atoms with Crippen LogP contribution in [0.15, 0.2) is 0 Å². The highest BCUT2D eigenvalue weighted by Crippen LogP contribution is 2.20. The van der Waals surface area contributed by atoms with E-state index in [-0.39, 0.29) is 36.7 Å². The van der Waals surface area contributed by atoms with Crippen molar-refractivity contribution in [3.05, 3.63) is 0 Å². The first kappa shape index (κ1) is 61.8. The summed E-state index contributed by atoms with van der Waals surface area (Å²) in [7, 11) is 4.55. The smallest absolute Gasteiger partial charge is 0.480 e. The molecule has 22 heteroatoms. The molecule has 62 heavy (non-hydrogen) atoms. The molecule has 5 N–H and O–H groups in total. The SMILES string of the molecule is CCC(C)N1CCCC1=O.CCC(C)N1CCCC1=O.CO[Si](CCCSCC(C)C(=O)NCC(=O)O)(OC)OC.CO[Si](CCCSCC(C)C(=O)NCC(N)=O)(OC)OC. The molecular weight excluding hydrogens is 879 g/mol. The monoisotopic (exact) mass is 959 g/mol. The number of hydrogen-bond donors (Lipinski definition) is 4. The van der Waals surface area contributed by atoms with Gasteiger partial charge in [0.15, 0.2) is 0 Å². The first-order valence-corrected chi connectivity index (χ1v) is 27.6. The summed E-state index contributed by atoms with van der Waals surface area (Å²) in [4.78, 5) is 70.3. The lowest BCUT2D eigenvalue weighted by molar-refractivity contribution is -0.138. The lowest BCUT2D eigenvalue weighted by Gasteiger charge is -2.24. The number of primary amides is 1. The first-order valence-electron chi connectivity index (χ1n) is 21.4. The predicted molar refractivity (Wildman–Crippen MR) is 250 cm³/mol. The van der Waals surface area contributed by atoms with Crippen molar-refractivity contribution < 1.29 is 60.4 Å². The van der Waals surface area contributed by atoms with Gasteiger partial charge in [-0.05, 0) is 63.9 Å². The Kier molecular flexibility index (Phi) is 35.9. The topological polar surface area (TPSA) is 235 Å². The fraction of sp³-hybridized carbons (Fsp3) is 0.850. The summed E-state index contributed by atoms with van der Waals surface area (Å²) < 4.78 is 32.0. The minimum Gasteiger partial charge on any atom is -0.480 e. The fourth-order valence-electron chi connectivity index (χ4n) is 5.96. The van der Waals surface area contributed by atoms with Crippen LogP contribution >= 0.6 is 23.5 Å². The Labute approximate surface area is 382 Å². The molecule has 0 radical (unpaired) electrons. The molecule has 0 aliphatic carbocycles. The van der Waals surface area contributed by atoms with Crippen molar-refractivity contribution in [1.82, 2.24) is 20.4 Å². The summed E-state index contributed by atoms with van der Waals surface area (Å²) in [6.45, 7) is 13.6. The third-order valence-corrected chi connectivity index (χ3v) is 18.6. The molecule has 2 heterocycles. The second kappa shape index (κ2) is 36.0. The number of carboxylic acids is 1. The molecule has 0 aromatic rings. The van der Waals surface area contributed by atoms with Gasteiger partial charge in [0.2, 0.25) is 29.5 Å². The maximum Gasteiger partial charge on any atom is 0.500 e. The van der Waals surface area contributed by atoms with Crippen molar-refractivity contribution >= 4 is 76.6 Å². The van der Waals surface area contributed by atoms with E-state index in [9.17, 15) is 28.8 Å². The number of nitrogens with two attached hydrogens (primary N) is 1. The van der Waals surface area contributed by atoms with Crippen LogP contribution in [0.25, 0.3) is 0 Å². The van der Waals surface area contributed by atoms with Crippen molar-refractivity contribution in [1.29, 1.82) is 0 Å². The van der Waals surface area contributed by atoms with Crippen LogP contribution in [-0.2, 0) is 55.3 Å². The molecule has 4 atom stereocenters. The van der Waals surface area contributed by atoms with Gasteiger partial charge in [-0.15, -0.1) is 0 Å². The predicted octanol–water partition coefficient (Wildman–Crippen LogP) is 3.86. The van der Waals surface area contributed by atoms with Gasteiger partial charge in [0, 0.05) is 116 Å². The van der Waals surface area contributed by atoms with Crippen molar-refractivity contribution in [3.63, 3.8) is 0 Å². The maximum atomic E-state index is 11.6. The van der Waals surface area contributed by atoms with E-state index < -0.39 is 29.5 Å². The van der Waals surface area contributed by atoms with E-state index in [1.165, 1.54) is 0 Å². The minimum absolute atomic E-state index is 0.114. The zero-order valence-corrected chi connectivity index (χ0v) is 43.3. The minimum atomic E-state index is -2.50. The molecule has 0 bridgehead atoms. The van der Waals surface area contributed by atoms with E-state index >= 15 is 0 Å². The Balaban J connectivity index is 0. The molecule has 2 fully saturated rings. The number of nitrogens with one attached hydrogen (secondary N) is 2. The van der Waals surface area contributed by atoms with Gasteiger partial charge in [0.05, 0.1) is 6.54 Å². The zero-order valence-electron chi connectivity index (χ0n) is 39.7. The second-order valence-corrected chi connectivity index (χ2v) is 23.4. The van der Waals surface area contributed by atoms with E-state index in [1.54, 1.807) is 73.1 Å². The van der Waals surface area contributed by atoms with E-state index in [0.717, 1.165) is 88.0 Å². The molecule has 0 aromatic heterocycles. The molecule has 4 unspecified atom stereocenters. The molecule has 18 nitrogen and oxygen atoms in total. The van der Waals surface area contributed by atoms with Gasteiger partial charge in [0.25, 0.3) is 0 Å².